The number of hydrogen-bond acceptors (Lipinski definition) is 13. The van der Waals surface area contributed by atoms with Crippen LogP contribution in [-0.4, -0.2) is 73.6 Å². The molecule has 16 heteroatoms. The molecule has 3 heterocycles. The Bertz CT molecular complexity index is 1240. The molecule has 1 amide bonds. The molecule has 0 spiro atoms. The Morgan fingerprint density at radius 3 is 2.30 bits per heavy atom. The lowest BCUT2D eigenvalue weighted by atomic mass is 10.1. The third-order valence-corrected chi connectivity index (χ3v) is 4.41. The monoisotopic (exact) mass is 463 g/mol. The molecule has 1 saturated heterocycles. The van der Waals surface area contributed by atoms with Gasteiger partial charge in [0.25, 0.3) is 5.56 Å². The number of primary amides is 1. The zero-order valence-corrected chi connectivity index (χ0v) is 17.5. The summed E-state index contributed by atoms with van der Waals surface area (Å²) in [6.45, 7) is 2.89. The van der Waals surface area contributed by atoms with E-state index in [0.717, 1.165) is 20.8 Å². The maximum Gasteiger partial charge on any atom is 0.340 e. The van der Waals surface area contributed by atoms with Crippen LogP contribution in [0.1, 0.15) is 32.7 Å². The van der Waals surface area contributed by atoms with Gasteiger partial charge in [0.05, 0.1) is 0 Å². The van der Waals surface area contributed by atoms with Gasteiger partial charge in [-0.05, 0) is 0 Å². The summed E-state index contributed by atoms with van der Waals surface area (Å²) in [6.07, 6.45) is -5.40. The van der Waals surface area contributed by atoms with E-state index in [0.29, 0.717) is 9.36 Å². The number of nitriles is 1. The Kier molecular flexibility index (Phi) is 6.35. The van der Waals surface area contributed by atoms with E-state index >= 15 is 0 Å². The van der Waals surface area contributed by atoms with Gasteiger partial charge in [-0.2, -0.15) is 14.6 Å². The smallest absolute Gasteiger partial charge is 0.340 e. The Labute approximate surface area is 183 Å². The molecule has 0 aromatic carbocycles. The van der Waals surface area contributed by atoms with Gasteiger partial charge in [0.15, 0.2) is 35.2 Å². The third-order valence-electron chi connectivity index (χ3n) is 4.41. The van der Waals surface area contributed by atoms with Crippen molar-refractivity contribution in [3.05, 3.63) is 16.0 Å². The van der Waals surface area contributed by atoms with Gasteiger partial charge in [-0.15, -0.1) is 10.2 Å². The molecule has 0 bridgehead atoms. The number of ether oxygens (including phenoxy) is 4. The van der Waals surface area contributed by atoms with Crippen LogP contribution in [0.5, 0.6) is 0 Å². The fourth-order valence-corrected chi connectivity index (χ4v) is 3.23. The van der Waals surface area contributed by atoms with Crippen molar-refractivity contribution in [2.75, 3.05) is 6.61 Å². The molecule has 2 aromatic heterocycles. The second-order valence-corrected chi connectivity index (χ2v) is 6.76. The van der Waals surface area contributed by atoms with Crippen LogP contribution in [0.3, 0.4) is 0 Å². The first-order chi connectivity index (χ1) is 15.5. The van der Waals surface area contributed by atoms with E-state index in [-0.39, 0.29) is 11.2 Å². The second kappa shape index (κ2) is 9.00. The SMILES string of the molecule is CC(=O)OCC1OC(n2nnc3c(C#N)nn(C(N)=O)c3c2=O)C(OC(C)=O)C1OC(C)=O. The molecule has 0 saturated carbocycles. The summed E-state index contributed by atoms with van der Waals surface area (Å²) in [7, 11) is 0. The number of nitrogens with zero attached hydrogens (tertiary/aromatic N) is 6. The zero-order valence-electron chi connectivity index (χ0n) is 17.5. The first-order valence-electron chi connectivity index (χ1n) is 9.26. The normalized spacial score (nSPS) is 21.9. The Hall–Kier alpha value is -4.39. The van der Waals surface area contributed by atoms with Crippen molar-refractivity contribution in [1.82, 2.24) is 24.8 Å². The lowest BCUT2D eigenvalue weighted by Gasteiger charge is -2.23. The summed E-state index contributed by atoms with van der Waals surface area (Å²) in [6, 6.07) is 0.489. The molecule has 2 aromatic rings. The average molecular weight is 463 g/mol. The number of rotatable bonds is 5. The van der Waals surface area contributed by atoms with Crippen molar-refractivity contribution in [3.8, 4) is 6.07 Å². The van der Waals surface area contributed by atoms with Gasteiger partial charge < -0.3 is 24.7 Å². The molecule has 3 rings (SSSR count). The molecular formula is C17H17N7O9. The number of hydrogen-bond donors (Lipinski definition) is 1. The highest BCUT2D eigenvalue weighted by Gasteiger charge is 2.51. The fraction of sp³-hybridized carbons (Fsp3) is 0.471. The van der Waals surface area contributed by atoms with Gasteiger partial charge in [0, 0.05) is 20.8 Å². The van der Waals surface area contributed by atoms with E-state index < -0.39 is 66.2 Å². The van der Waals surface area contributed by atoms with E-state index in [1.54, 1.807) is 6.07 Å². The molecule has 16 nitrogen and oxygen atoms in total. The van der Waals surface area contributed by atoms with E-state index in [9.17, 15) is 29.2 Å². The van der Waals surface area contributed by atoms with Gasteiger partial charge in [-0.1, -0.05) is 5.21 Å². The van der Waals surface area contributed by atoms with E-state index in [4.69, 9.17) is 24.7 Å². The Morgan fingerprint density at radius 1 is 1.12 bits per heavy atom. The highest BCUT2D eigenvalue weighted by Crippen LogP contribution is 2.33. The van der Waals surface area contributed by atoms with Crippen LogP contribution in [0, 0.1) is 11.3 Å². The summed E-state index contributed by atoms with van der Waals surface area (Å²) in [5, 5.41) is 20.3. The first-order valence-corrected chi connectivity index (χ1v) is 9.26. The van der Waals surface area contributed by atoms with Crippen molar-refractivity contribution in [1.29, 1.82) is 5.26 Å². The number of esters is 3. The highest BCUT2D eigenvalue weighted by atomic mass is 16.7. The molecule has 174 valence electrons. The van der Waals surface area contributed by atoms with Gasteiger partial charge in [-0.3, -0.25) is 19.2 Å². The Balaban J connectivity index is 2.15. The molecule has 4 unspecified atom stereocenters. The van der Waals surface area contributed by atoms with Crippen LogP contribution in [0.15, 0.2) is 4.79 Å². The Morgan fingerprint density at radius 2 is 1.76 bits per heavy atom. The molecular weight excluding hydrogens is 446 g/mol. The van der Waals surface area contributed by atoms with Crippen LogP contribution in [0.25, 0.3) is 11.0 Å². The van der Waals surface area contributed by atoms with Crippen LogP contribution < -0.4 is 11.3 Å². The minimum atomic E-state index is -1.52. The minimum Gasteiger partial charge on any atom is -0.463 e. The maximum absolute atomic E-state index is 13.2. The molecule has 0 radical (unpaired) electrons. The van der Waals surface area contributed by atoms with Crippen molar-refractivity contribution < 1.29 is 38.1 Å². The van der Waals surface area contributed by atoms with E-state index in [1.165, 1.54) is 0 Å². The lowest BCUT2D eigenvalue weighted by molar-refractivity contribution is -0.166. The number of amides is 1. The number of nitrogens with two attached hydrogens (primary N) is 1. The van der Waals surface area contributed by atoms with Crippen molar-refractivity contribution in [3.63, 3.8) is 0 Å². The molecule has 33 heavy (non-hydrogen) atoms. The quantitative estimate of drug-likeness (QED) is 0.379. The van der Waals surface area contributed by atoms with Crippen LogP contribution in [-0.2, 0) is 33.3 Å². The van der Waals surface area contributed by atoms with Crippen LogP contribution in [0.2, 0.25) is 0 Å². The lowest BCUT2D eigenvalue weighted by Crippen LogP contribution is -2.42. The largest absolute Gasteiger partial charge is 0.463 e. The number of fused-ring (bicyclic) bond motifs is 1. The maximum atomic E-state index is 13.2. The summed E-state index contributed by atoms with van der Waals surface area (Å²) < 4.78 is 22.1. The average Bonchev–Trinajstić information content (AvgIpc) is 3.25. The van der Waals surface area contributed by atoms with E-state index in [2.05, 4.69) is 15.4 Å². The summed E-state index contributed by atoms with van der Waals surface area (Å²) in [5.41, 5.74) is 3.05. The minimum absolute atomic E-state index is 0.299. The topological polar surface area (TPSA) is 221 Å². The van der Waals surface area contributed by atoms with Crippen molar-refractivity contribution >= 4 is 35.0 Å². The highest BCUT2D eigenvalue weighted by molar-refractivity contribution is 5.89. The number of aromatic nitrogens is 5. The van der Waals surface area contributed by atoms with Gasteiger partial charge in [0.2, 0.25) is 0 Å². The predicted octanol–water partition coefficient (Wildman–Crippen LogP) is -1.89. The standard InChI is InChI=1S/C17H17N7O9/c1-6(25)30-5-10-13(31-7(2)26)14(32-8(3)27)16(33-10)24-15(28)12-11(20-22-24)9(4-18)21-23(12)17(19)29/h10,13-14,16H,5H2,1-3H3,(H2,19,29). The van der Waals surface area contributed by atoms with Crippen molar-refractivity contribution in [2.45, 2.75) is 45.3 Å². The molecule has 1 aliphatic heterocycles. The molecule has 4 atom stereocenters. The number of carbonyl (C=O) groups is 4. The van der Waals surface area contributed by atoms with Crippen LogP contribution in [0.4, 0.5) is 4.79 Å². The van der Waals surface area contributed by atoms with E-state index in [1.807, 2.05) is 0 Å². The molecule has 1 fully saturated rings. The molecule has 0 aliphatic carbocycles. The predicted molar refractivity (Wildman–Crippen MR) is 101 cm³/mol. The molecule has 1 aliphatic rings. The number of carbonyl (C=O) groups excluding carboxylic acids is 4. The molecule has 2 N–H and O–H groups in total. The van der Waals surface area contributed by atoms with Gasteiger partial charge >= 0.3 is 23.9 Å². The summed E-state index contributed by atoms with van der Waals surface area (Å²) >= 11 is 0. The van der Waals surface area contributed by atoms with Crippen molar-refractivity contribution in [2.24, 2.45) is 5.73 Å². The van der Waals surface area contributed by atoms with Gasteiger partial charge in [-0.25, -0.2) is 4.79 Å². The summed E-state index contributed by atoms with van der Waals surface area (Å²) in [5.74, 6) is -2.25. The fourth-order valence-electron chi connectivity index (χ4n) is 3.23. The second-order valence-electron chi connectivity index (χ2n) is 6.76. The van der Waals surface area contributed by atoms with Gasteiger partial charge in [0.1, 0.15) is 18.8 Å². The first kappa shape index (κ1) is 23.3. The van der Waals surface area contributed by atoms with Crippen LogP contribution >= 0.6 is 0 Å². The summed E-state index contributed by atoms with van der Waals surface area (Å²) in [4.78, 5) is 59.5. The third kappa shape index (κ3) is 4.48. The zero-order chi connectivity index (χ0) is 24.4.